The standard InChI is InChI=1S/C26H30N4O3S/c1-17-16-21(18(2)30(17)19-10-12-20(32-3)13-11-19)25-24(22-8-5-6-14-27-22)28-26(34)29(25)15-7-9-23(31)33-4/h5-6,8,10-14,16,24-25H,7,9,15H2,1-4H3,(H,28,34)/t24-,25-/m0/s1. The molecular formula is C26H30N4O3S. The van der Waals surface area contributed by atoms with Crippen molar-refractivity contribution < 1.29 is 14.3 Å². The number of aryl methyl sites for hydroxylation is 1. The van der Waals surface area contributed by atoms with Crippen LogP contribution in [0.3, 0.4) is 0 Å². The Morgan fingerprint density at radius 2 is 1.91 bits per heavy atom. The van der Waals surface area contributed by atoms with Crippen molar-refractivity contribution in [2.75, 3.05) is 20.8 Å². The number of methoxy groups -OCH3 is 2. The van der Waals surface area contributed by atoms with E-state index in [4.69, 9.17) is 21.7 Å². The Balaban J connectivity index is 1.73. The molecule has 0 bridgehead atoms. The van der Waals surface area contributed by atoms with Gasteiger partial charge in [-0.05, 0) is 80.5 Å². The van der Waals surface area contributed by atoms with Crippen molar-refractivity contribution in [2.45, 2.75) is 38.8 Å². The molecule has 3 heterocycles. The maximum atomic E-state index is 11.7. The van der Waals surface area contributed by atoms with Crippen LogP contribution in [0.25, 0.3) is 5.69 Å². The summed E-state index contributed by atoms with van der Waals surface area (Å²) < 4.78 is 12.4. The van der Waals surface area contributed by atoms with Gasteiger partial charge in [0.05, 0.1) is 32.0 Å². The molecular weight excluding hydrogens is 448 g/mol. The molecule has 178 valence electrons. The SMILES string of the molecule is COC(=O)CCCN1C(=S)N[C@@H](c2ccccn2)[C@@H]1c1cc(C)n(-c2ccc(OC)cc2)c1C. The Labute approximate surface area is 205 Å². The van der Waals surface area contributed by atoms with E-state index in [1.54, 1.807) is 13.3 Å². The van der Waals surface area contributed by atoms with Crippen LogP contribution >= 0.6 is 12.2 Å². The summed E-state index contributed by atoms with van der Waals surface area (Å²) in [5.41, 5.74) is 5.44. The van der Waals surface area contributed by atoms with E-state index in [2.05, 4.69) is 51.8 Å². The first-order valence-corrected chi connectivity index (χ1v) is 11.7. The number of hydrogen-bond donors (Lipinski definition) is 1. The summed E-state index contributed by atoms with van der Waals surface area (Å²) in [7, 11) is 3.08. The van der Waals surface area contributed by atoms with Gasteiger partial charge < -0.3 is 24.3 Å². The van der Waals surface area contributed by atoms with Crippen molar-refractivity contribution in [2.24, 2.45) is 0 Å². The van der Waals surface area contributed by atoms with Crippen LogP contribution in [-0.4, -0.2) is 46.3 Å². The lowest BCUT2D eigenvalue weighted by Gasteiger charge is -2.28. The molecule has 3 aromatic rings. The monoisotopic (exact) mass is 478 g/mol. The van der Waals surface area contributed by atoms with Crippen LogP contribution in [0.2, 0.25) is 0 Å². The average Bonchev–Trinajstić information content (AvgIpc) is 3.34. The van der Waals surface area contributed by atoms with Crippen LogP contribution in [0.15, 0.2) is 54.7 Å². The molecule has 2 aromatic heterocycles. The molecule has 0 amide bonds. The number of esters is 1. The summed E-state index contributed by atoms with van der Waals surface area (Å²) in [6, 6.07) is 16.0. The summed E-state index contributed by atoms with van der Waals surface area (Å²) in [5.74, 6) is 0.609. The lowest BCUT2D eigenvalue weighted by Crippen LogP contribution is -2.31. The maximum Gasteiger partial charge on any atom is 0.305 e. The molecule has 1 aliphatic rings. The maximum absolute atomic E-state index is 11.7. The van der Waals surface area contributed by atoms with Gasteiger partial charge in [-0.2, -0.15) is 0 Å². The summed E-state index contributed by atoms with van der Waals surface area (Å²) >= 11 is 5.76. The minimum absolute atomic E-state index is 0.0572. The zero-order valence-electron chi connectivity index (χ0n) is 19.9. The van der Waals surface area contributed by atoms with Gasteiger partial charge >= 0.3 is 5.97 Å². The fraction of sp³-hybridized carbons (Fsp3) is 0.346. The van der Waals surface area contributed by atoms with Crippen molar-refractivity contribution in [3.8, 4) is 11.4 Å². The van der Waals surface area contributed by atoms with Crippen LogP contribution < -0.4 is 10.1 Å². The molecule has 7 nitrogen and oxygen atoms in total. The fourth-order valence-electron chi connectivity index (χ4n) is 4.70. The smallest absolute Gasteiger partial charge is 0.305 e. The van der Waals surface area contributed by atoms with E-state index in [0.717, 1.165) is 28.5 Å². The molecule has 0 saturated carbocycles. The van der Waals surface area contributed by atoms with Crippen molar-refractivity contribution in [1.82, 2.24) is 19.8 Å². The molecule has 2 atom stereocenters. The molecule has 34 heavy (non-hydrogen) atoms. The zero-order chi connectivity index (χ0) is 24.2. The average molecular weight is 479 g/mol. The third-order valence-electron chi connectivity index (χ3n) is 6.32. The van der Waals surface area contributed by atoms with Crippen molar-refractivity contribution >= 4 is 23.3 Å². The normalized spacial score (nSPS) is 17.5. The number of carbonyl (C=O) groups excluding carboxylic acids is 1. The quantitative estimate of drug-likeness (QED) is 0.380. The molecule has 0 aliphatic carbocycles. The number of pyridine rings is 1. The summed E-state index contributed by atoms with van der Waals surface area (Å²) in [6.07, 6.45) is 2.80. The Morgan fingerprint density at radius 3 is 2.56 bits per heavy atom. The van der Waals surface area contributed by atoms with Crippen molar-refractivity contribution in [3.63, 3.8) is 0 Å². The first kappa shape index (κ1) is 23.8. The molecule has 1 N–H and O–H groups in total. The van der Waals surface area contributed by atoms with E-state index in [1.807, 2.05) is 30.3 Å². The van der Waals surface area contributed by atoms with Crippen LogP contribution in [0.1, 0.15) is 47.6 Å². The zero-order valence-corrected chi connectivity index (χ0v) is 20.8. The van der Waals surface area contributed by atoms with Crippen LogP contribution in [0.5, 0.6) is 5.75 Å². The molecule has 0 unspecified atom stereocenters. The lowest BCUT2D eigenvalue weighted by atomic mass is 9.96. The summed E-state index contributed by atoms with van der Waals surface area (Å²) in [6.45, 7) is 4.88. The molecule has 1 aromatic carbocycles. The molecule has 1 saturated heterocycles. The highest BCUT2D eigenvalue weighted by molar-refractivity contribution is 7.80. The lowest BCUT2D eigenvalue weighted by molar-refractivity contribution is -0.140. The topological polar surface area (TPSA) is 68.6 Å². The van der Waals surface area contributed by atoms with E-state index in [1.165, 1.54) is 12.7 Å². The molecule has 0 radical (unpaired) electrons. The van der Waals surface area contributed by atoms with E-state index >= 15 is 0 Å². The molecule has 0 spiro atoms. The number of nitrogens with zero attached hydrogens (tertiary/aromatic N) is 3. The third kappa shape index (κ3) is 4.63. The second kappa shape index (κ2) is 10.3. The number of nitrogens with one attached hydrogen (secondary N) is 1. The van der Waals surface area contributed by atoms with Gasteiger partial charge in [0, 0.05) is 36.2 Å². The highest BCUT2D eigenvalue weighted by Gasteiger charge is 2.41. The highest BCUT2D eigenvalue weighted by Crippen LogP contribution is 2.41. The van der Waals surface area contributed by atoms with Gasteiger partial charge in [0.25, 0.3) is 0 Å². The summed E-state index contributed by atoms with van der Waals surface area (Å²) in [5, 5.41) is 4.15. The summed E-state index contributed by atoms with van der Waals surface area (Å²) in [4.78, 5) is 18.5. The molecule has 1 aliphatic heterocycles. The van der Waals surface area contributed by atoms with Gasteiger partial charge in [-0.15, -0.1) is 0 Å². The minimum atomic E-state index is -0.214. The van der Waals surface area contributed by atoms with Crippen molar-refractivity contribution in [3.05, 3.63) is 77.4 Å². The Kier molecular flexibility index (Phi) is 7.17. The van der Waals surface area contributed by atoms with E-state index in [-0.39, 0.29) is 18.1 Å². The minimum Gasteiger partial charge on any atom is -0.497 e. The number of ether oxygens (including phenoxy) is 2. The van der Waals surface area contributed by atoms with E-state index < -0.39 is 0 Å². The third-order valence-corrected chi connectivity index (χ3v) is 6.68. The number of hydrogen-bond acceptors (Lipinski definition) is 5. The number of aromatic nitrogens is 2. The predicted octanol–water partition coefficient (Wildman–Crippen LogP) is 4.42. The number of benzene rings is 1. The highest BCUT2D eigenvalue weighted by atomic mass is 32.1. The van der Waals surface area contributed by atoms with Gasteiger partial charge in [-0.25, -0.2) is 0 Å². The van der Waals surface area contributed by atoms with Crippen LogP contribution in [-0.2, 0) is 9.53 Å². The number of carbonyl (C=O) groups is 1. The Hall–Kier alpha value is -3.39. The first-order valence-electron chi connectivity index (χ1n) is 11.3. The first-order chi connectivity index (χ1) is 16.4. The molecule has 1 fully saturated rings. The largest absolute Gasteiger partial charge is 0.497 e. The van der Waals surface area contributed by atoms with Gasteiger partial charge in [-0.1, -0.05) is 6.07 Å². The van der Waals surface area contributed by atoms with E-state index in [9.17, 15) is 4.79 Å². The second-order valence-electron chi connectivity index (χ2n) is 8.36. The second-order valence-corrected chi connectivity index (χ2v) is 8.75. The van der Waals surface area contributed by atoms with Crippen molar-refractivity contribution in [1.29, 1.82) is 0 Å². The predicted molar refractivity (Wildman–Crippen MR) is 135 cm³/mol. The fourth-order valence-corrected chi connectivity index (χ4v) is 5.03. The molecule has 4 rings (SSSR count). The molecule has 8 heteroatoms. The number of rotatable bonds is 8. The van der Waals surface area contributed by atoms with E-state index in [0.29, 0.717) is 24.5 Å². The number of thiocarbonyl (C=S) groups is 1. The van der Waals surface area contributed by atoms with Crippen LogP contribution in [0.4, 0.5) is 0 Å². The Morgan fingerprint density at radius 1 is 1.15 bits per heavy atom. The van der Waals surface area contributed by atoms with Crippen LogP contribution in [0, 0.1) is 13.8 Å². The Bertz CT molecular complexity index is 1160. The van der Waals surface area contributed by atoms with Gasteiger partial charge in [0.1, 0.15) is 5.75 Å². The van der Waals surface area contributed by atoms with Gasteiger partial charge in [0.15, 0.2) is 5.11 Å². The van der Waals surface area contributed by atoms with Gasteiger partial charge in [0.2, 0.25) is 0 Å². The van der Waals surface area contributed by atoms with Gasteiger partial charge in [-0.3, -0.25) is 9.78 Å².